The number of hydrogen-bond donors (Lipinski definition) is 1. The summed E-state index contributed by atoms with van der Waals surface area (Å²) in [6.07, 6.45) is 3.63. The number of carbonyl (C=O) groups is 2. The maximum absolute atomic E-state index is 13.4. The molecule has 1 unspecified atom stereocenters. The van der Waals surface area contributed by atoms with Crippen molar-refractivity contribution in [1.29, 1.82) is 0 Å². The van der Waals surface area contributed by atoms with E-state index < -0.39 is 5.41 Å². The topological polar surface area (TPSA) is 61.9 Å². The zero-order chi connectivity index (χ0) is 25.8. The van der Waals surface area contributed by atoms with E-state index in [9.17, 15) is 9.59 Å². The molecule has 2 aromatic rings. The van der Waals surface area contributed by atoms with Crippen LogP contribution in [0, 0.1) is 10.8 Å². The van der Waals surface area contributed by atoms with E-state index in [1.165, 1.54) is 0 Å². The van der Waals surface area contributed by atoms with Crippen molar-refractivity contribution in [3.8, 4) is 5.75 Å². The molecule has 2 aromatic carbocycles. The Morgan fingerprint density at radius 3 is 2.25 bits per heavy atom. The lowest BCUT2D eigenvalue weighted by molar-refractivity contribution is -0.139. The van der Waals surface area contributed by atoms with E-state index in [4.69, 9.17) is 4.74 Å². The minimum Gasteiger partial charge on any atom is -0.497 e. The lowest BCUT2D eigenvalue weighted by Gasteiger charge is -2.38. The Labute approximate surface area is 216 Å². The minimum absolute atomic E-state index is 0.0121. The van der Waals surface area contributed by atoms with Crippen LogP contribution in [-0.2, 0) is 16.1 Å². The quantitative estimate of drug-likeness (QED) is 0.576. The summed E-state index contributed by atoms with van der Waals surface area (Å²) in [4.78, 5) is 30.6. The average Bonchev–Trinajstić information content (AvgIpc) is 3.17. The monoisotopic (exact) mass is 491 g/mol. The van der Waals surface area contributed by atoms with Crippen molar-refractivity contribution in [2.24, 2.45) is 10.8 Å². The number of ether oxygens (including phenoxy) is 1. The van der Waals surface area contributed by atoms with Crippen molar-refractivity contribution in [3.63, 3.8) is 0 Å². The first kappa shape index (κ1) is 26.2. The summed E-state index contributed by atoms with van der Waals surface area (Å²) in [6, 6.07) is 18.2. The lowest BCUT2D eigenvalue weighted by atomic mass is 9.77. The van der Waals surface area contributed by atoms with Crippen LogP contribution >= 0.6 is 0 Å². The average molecular weight is 492 g/mol. The van der Waals surface area contributed by atoms with Gasteiger partial charge >= 0.3 is 0 Å². The van der Waals surface area contributed by atoms with E-state index in [0.717, 1.165) is 68.7 Å². The summed E-state index contributed by atoms with van der Waals surface area (Å²) in [6.45, 7) is 10.1. The van der Waals surface area contributed by atoms with Gasteiger partial charge in [-0.25, -0.2) is 0 Å². The molecule has 36 heavy (non-hydrogen) atoms. The number of likely N-dealkylation sites (tertiary alicyclic amines) is 2. The first-order valence-corrected chi connectivity index (χ1v) is 13.2. The van der Waals surface area contributed by atoms with Gasteiger partial charge in [-0.05, 0) is 62.0 Å². The number of amides is 2. The molecule has 0 aliphatic carbocycles. The molecule has 1 spiro atoms. The Morgan fingerprint density at radius 2 is 1.64 bits per heavy atom. The molecule has 194 valence electrons. The zero-order valence-electron chi connectivity index (χ0n) is 22.3. The molecule has 2 fully saturated rings. The molecule has 1 atom stereocenters. The van der Waals surface area contributed by atoms with E-state index in [0.29, 0.717) is 12.5 Å². The van der Waals surface area contributed by atoms with Gasteiger partial charge in [0.25, 0.3) is 0 Å². The first-order valence-electron chi connectivity index (χ1n) is 13.2. The second-order valence-corrected chi connectivity index (χ2v) is 11.4. The first-order chi connectivity index (χ1) is 17.2. The van der Waals surface area contributed by atoms with Crippen molar-refractivity contribution < 1.29 is 14.3 Å². The summed E-state index contributed by atoms with van der Waals surface area (Å²) in [5, 5.41) is 3.27. The number of rotatable bonds is 8. The van der Waals surface area contributed by atoms with Crippen molar-refractivity contribution >= 4 is 11.8 Å². The van der Waals surface area contributed by atoms with Crippen LogP contribution in [-0.4, -0.2) is 54.9 Å². The maximum Gasteiger partial charge on any atom is 0.229 e. The fourth-order valence-corrected chi connectivity index (χ4v) is 5.36. The molecule has 2 aliphatic rings. The summed E-state index contributed by atoms with van der Waals surface area (Å²) < 4.78 is 5.25. The van der Waals surface area contributed by atoms with Crippen LogP contribution in [0.2, 0.25) is 0 Å². The predicted octanol–water partition coefficient (Wildman–Crippen LogP) is 4.80. The summed E-state index contributed by atoms with van der Waals surface area (Å²) in [5.41, 5.74) is 1.65. The van der Waals surface area contributed by atoms with Crippen LogP contribution < -0.4 is 10.1 Å². The van der Waals surface area contributed by atoms with Crippen LogP contribution in [0.3, 0.4) is 0 Å². The summed E-state index contributed by atoms with van der Waals surface area (Å²) in [5.74, 6) is 1.22. The molecule has 6 heteroatoms. The molecule has 0 aromatic heterocycles. The molecule has 1 N–H and O–H groups in total. The third-order valence-electron chi connectivity index (χ3n) is 7.87. The van der Waals surface area contributed by atoms with Crippen molar-refractivity contribution in [2.45, 2.75) is 59.0 Å². The van der Waals surface area contributed by atoms with Crippen molar-refractivity contribution in [1.82, 2.24) is 15.1 Å². The Bertz CT molecular complexity index is 1020. The van der Waals surface area contributed by atoms with E-state index in [1.807, 2.05) is 68.1 Å². The van der Waals surface area contributed by atoms with Gasteiger partial charge in [0, 0.05) is 25.0 Å². The van der Waals surface area contributed by atoms with Gasteiger partial charge in [-0.3, -0.25) is 9.59 Å². The third-order valence-corrected chi connectivity index (χ3v) is 7.87. The number of piperidine rings is 1. The minimum atomic E-state index is -0.426. The molecule has 0 radical (unpaired) electrons. The van der Waals surface area contributed by atoms with Crippen LogP contribution in [0.5, 0.6) is 5.75 Å². The van der Waals surface area contributed by atoms with E-state index in [1.54, 1.807) is 7.11 Å². The molecule has 2 aliphatic heterocycles. The molecule has 4 rings (SSSR count). The van der Waals surface area contributed by atoms with Gasteiger partial charge in [-0.1, -0.05) is 63.2 Å². The van der Waals surface area contributed by atoms with Crippen LogP contribution in [0.25, 0.3) is 0 Å². The van der Waals surface area contributed by atoms with E-state index >= 15 is 0 Å². The van der Waals surface area contributed by atoms with Crippen molar-refractivity contribution in [2.75, 3.05) is 33.3 Å². The van der Waals surface area contributed by atoms with Crippen LogP contribution in [0.15, 0.2) is 54.6 Å². The summed E-state index contributed by atoms with van der Waals surface area (Å²) in [7, 11) is 1.67. The number of carbonyl (C=O) groups excluding carboxylic acids is 2. The SMILES string of the molecule is COc1ccc(CN2CCC3(CCN(CCC(NC(=O)C(C)(C)C)c4ccccc4)CC3)C2=O)cc1. The molecule has 2 heterocycles. The fourth-order valence-electron chi connectivity index (χ4n) is 5.36. The van der Waals surface area contributed by atoms with E-state index in [-0.39, 0.29) is 17.4 Å². The smallest absolute Gasteiger partial charge is 0.229 e. The third kappa shape index (κ3) is 6.09. The molecule has 2 saturated heterocycles. The number of hydrogen-bond acceptors (Lipinski definition) is 4. The highest BCUT2D eigenvalue weighted by Gasteiger charge is 2.47. The highest BCUT2D eigenvalue weighted by molar-refractivity contribution is 5.85. The van der Waals surface area contributed by atoms with Crippen LogP contribution in [0.4, 0.5) is 0 Å². The number of nitrogens with zero attached hydrogens (tertiary/aromatic N) is 2. The van der Waals surface area contributed by atoms with Crippen LogP contribution in [0.1, 0.15) is 63.6 Å². The highest BCUT2D eigenvalue weighted by atomic mass is 16.5. The van der Waals surface area contributed by atoms with Gasteiger partial charge in [-0.15, -0.1) is 0 Å². The second-order valence-electron chi connectivity index (χ2n) is 11.4. The number of nitrogens with one attached hydrogen (secondary N) is 1. The zero-order valence-corrected chi connectivity index (χ0v) is 22.3. The van der Waals surface area contributed by atoms with Gasteiger partial charge in [0.2, 0.25) is 11.8 Å². The molecule has 6 nitrogen and oxygen atoms in total. The van der Waals surface area contributed by atoms with Gasteiger partial charge in [-0.2, -0.15) is 0 Å². The molecular weight excluding hydrogens is 450 g/mol. The van der Waals surface area contributed by atoms with Crippen molar-refractivity contribution in [3.05, 3.63) is 65.7 Å². The number of benzene rings is 2. The maximum atomic E-state index is 13.4. The molecule has 0 saturated carbocycles. The molecule has 2 amide bonds. The fraction of sp³-hybridized carbons (Fsp3) is 0.533. The van der Waals surface area contributed by atoms with E-state index in [2.05, 4.69) is 22.3 Å². The van der Waals surface area contributed by atoms with Gasteiger partial charge < -0.3 is 19.9 Å². The Hall–Kier alpha value is -2.86. The highest BCUT2D eigenvalue weighted by Crippen LogP contribution is 2.42. The predicted molar refractivity (Wildman–Crippen MR) is 143 cm³/mol. The van der Waals surface area contributed by atoms with Gasteiger partial charge in [0.1, 0.15) is 5.75 Å². The standard InChI is InChI=1S/C30H41N3O3/c1-29(2,3)27(34)31-26(24-8-6-5-7-9-24)14-18-32-19-15-30(16-20-32)17-21-33(28(30)35)22-23-10-12-25(36-4)13-11-23/h5-13,26H,14-22H2,1-4H3,(H,31,34). The Balaban J connectivity index is 1.31. The van der Waals surface area contributed by atoms with Gasteiger partial charge in [0.05, 0.1) is 18.6 Å². The second kappa shape index (κ2) is 11.0. The van der Waals surface area contributed by atoms with Gasteiger partial charge in [0.15, 0.2) is 0 Å². The summed E-state index contributed by atoms with van der Waals surface area (Å²) >= 11 is 0. The molecule has 0 bridgehead atoms. The Kier molecular flexibility index (Phi) is 8.04. The normalized spacial score (nSPS) is 18.9. The Morgan fingerprint density at radius 1 is 1.00 bits per heavy atom. The molecular formula is C30H41N3O3. The lowest BCUT2D eigenvalue weighted by Crippen LogP contribution is -2.45. The largest absolute Gasteiger partial charge is 0.497 e. The number of methoxy groups -OCH3 is 1.